The van der Waals surface area contributed by atoms with Crippen molar-refractivity contribution in [3.05, 3.63) is 54.1 Å². The predicted molar refractivity (Wildman–Crippen MR) is 100 cm³/mol. The van der Waals surface area contributed by atoms with Crippen molar-refractivity contribution >= 4 is 21.6 Å². The number of likely N-dealkylation sites (N-methyl/N-ethyl adjacent to an activating group) is 1. The van der Waals surface area contributed by atoms with Crippen LogP contribution in [0.25, 0.3) is 0 Å². The van der Waals surface area contributed by atoms with Gasteiger partial charge in [0, 0.05) is 17.8 Å². The van der Waals surface area contributed by atoms with Gasteiger partial charge in [0.25, 0.3) is 0 Å². The molecule has 0 aromatic heterocycles. The van der Waals surface area contributed by atoms with Gasteiger partial charge in [-0.05, 0) is 38.2 Å². The lowest BCUT2D eigenvalue weighted by Crippen LogP contribution is -2.39. The Morgan fingerprint density at radius 1 is 1.21 bits per heavy atom. The van der Waals surface area contributed by atoms with Crippen LogP contribution in [0.2, 0.25) is 0 Å². The fourth-order valence-corrected chi connectivity index (χ4v) is 3.02. The van der Waals surface area contributed by atoms with Crippen LogP contribution in [0.5, 0.6) is 5.75 Å². The third kappa shape index (κ3) is 6.73. The van der Waals surface area contributed by atoms with Gasteiger partial charge >= 0.3 is 6.36 Å². The first-order chi connectivity index (χ1) is 13.4. The number of carbonyl (C=O) groups excluding carboxylic acids is 1. The van der Waals surface area contributed by atoms with Crippen molar-refractivity contribution in [1.82, 2.24) is 4.90 Å². The zero-order valence-corrected chi connectivity index (χ0v) is 16.4. The van der Waals surface area contributed by atoms with Crippen molar-refractivity contribution in [2.75, 3.05) is 12.4 Å². The molecule has 7 nitrogen and oxygen atoms in total. The summed E-state index contributed by atoms with van der Waals surface area (Å²) in [5.74, 6) is -0.825. The molecular weight excluding hydrogens is 411 g/mol. The molecular formula is C18H20F3N3O4S. The fraction of sp³-hybridized carbons (Fsp3) is 0.278. The molecule has 2 aromatic carbocycles. The molecule has 0 aliphatic carbocycles. The summed E-state index contributed by atoms with van der Waals surface area (Å²) in [5.41, 5.74) is 0.478. The summed E-state index contributed by atoms with van der Waals surface area (Å²) in [7, 11) is -2.36. The van der Waals surface area contributed by atoms with Crippen LogP contribution >= 0.6 is 0 Å². The molecule has 0 fully saturated rings. The van der Waals surface area contributed by atoms with Gasteiger partial charge in [0.15, 0.2) is 0 Å². The Labute approximate surface area is 166 Å². The second kappa shape index (κ2) is 8.80. The lowest BCUT2D eigenvalue weighted by Gasteiger charge is -2.25. The van der Waals surface area contributed by atoms with Crippen LogP contribution in [-0.4, -0.2) is 38.7 Å². The molecule has 0 radical (unpaired) electrons. The SMILES string of the molecule is CC(C(=O)Nc1cccc(S(N)(=O)=O)c1)N(C)Cc1ccccc1OC(F)(F)F. The Morgan fingerprint density at radius 2 is 1.86 bits per heavy atom. The van der Waals surface area contributed by atoms with Crippen LogP contribution in [0, 0.1) is 0 Å². The Kier molecular flexibility index (Phi) is 6.88. The second-order valence-corrected chi connectivity index (χ2v) is 7.87. The molecule has 3 N–H and O–H groups in total. The summed E-state index contributed by atoms with van der Waals surface area (Å²) in [4.78, 5) is 13.8. The largest absolute Gasteiger partial charge is 0.573 e. The highest BCUT2D eigenvalue weighted by atomic mass is 32.2. The van der Waals surface area contributed by atoms with E-state index in [2.05, 4.69) is 10.1 Å². The third-order valence-electron chi connectivity index (χ3n) is 4.09. The first-order valence-corrected chi connectivity index (χ1v) is 9.89. The summed E-state index contributed by atoms with van der Waals surface area (Å²) in [5, 5.41) is 7.63. The molecule has 2 aromatic rings. The van der Waals surface area contributed by atoms with E-state index in [0.717, 1.165) is 0 Å². The topological polar surface area (TPSA) is 102 Å². The number of hydrogen-bond acceptors (Lipinski definition) is 5. The van der Waals surface area contributed by atoms with Crippen LogP contribution in [0.1, 0.15) is 12.5 Å². The number of amides is 1. The molecule has 0 aliphatic heterocycles. The van der Waals surface area contributed by atoms with Crippen molar-refractivity contribution in [3.63, 3.8) is 0 Å². The van der Waals surface area contributed by atoms with E-state index in [-0.39, 0.29) is 28.4 Å². The molecule has 1 amide bonds. The van der Waals surface area contributed by atoms with Gasteiger partial charge in [0.2, 0.25) is 15.9 Å². The standard InChI is InChI=1S/C18H20F3N3O4S/c1-12(17(25)23-14-7-5-8-15(10-14)29(22,26)27)24(2)11-13-6-3-4-9-16(13)28-18(19,20)21/h3-10,12H,11H2,1-2H3,(H,23,25)(H2,22,26,27). The van der Waals surface area contributed by atoms with Crippen molar-refractivity contribution in [2.45, 2.75) is 30.8 Å². The van der Waals surface area contributed by atoms with Crippen molar-refractivity contribution < 1.29 is 31.1 Å². The van der Waals surface area contributed by atoms with Gasteiger partial charge in [-0.3, -0.25) is 9.69 Å². The smallest absolute Gasteiger partial charge is 0.405 e. The summed E-state index contributed by atoms with van der Waals surface area (Å²) in [6.07, 6.45) is -4.83. The van der Waals surface area contributed by atoms with Gasteiger partial charge in [-0.15, -0.1) is 13.2 Å². The minimum absolute atomic E-state index is 0.0120. The molecule has 0 saturated heterocycles. The Hall–Kier alpha value is -2.63. The molecule has 0 aliphatic rings. The summed E-state index contributed by atoms with van der Waals surface area (Å²) in [6, 6.07) is 10.3. The Bertz CT molecular complexity index is 980. The lowest BCUT2D eigenvalue weighted by atomic mass is 10.1. The molecule has 0 spiro atoms. The number of nitrogens with zero attached hydrogens (tertiary/aromatic N) is 1. The highest BCUT2D eigenvalue weighted by Crippen LogP contribution is 2.27. The van der Waals surface area contributed by atoms with Gasteiger partial charge in [-0.2, -0.15) is 0 Å². The highest BCUT2D eigenvalue weighted by molar-refractivity contribution is 7.89. The van der Waals surface area contributed by atoms with E-state index in [1.807, 2.05) is 0 Å². The average molecular weight is 431 g/mol. The van der Waals surface area contributed by atoms with E-state index in [1.165, 1.54) is 47.4 Å². The van der Waals surface area contributed by atoms with E-state index >= 15 is 0 Å². The number of ether oxygens (including phenoxy) is 1. The quantitative estimate of drug-likeness (QED) is 0.702. The van der Waals surface area contributed by atoms with Crippen molar-refractivity contribution in [3.8, 4) is 5.75 Å². The summed E-state index contributed by atoms with van der Waals surface area (Å²) in [6.45, 7) is 1.57. The van der Waals surface area contributed by atoms with Crippen LogP contribution in [0.15, 0.2) is 53.4 Å². The minimum atomic E-state index is -4.83. The first kappa shape index (κ1) is 22.7. The average Bonchev–Trinajstić information content (AvgIpc) is 2.61. The predicted octanol–water partition coefficient (Wildman–Crippen LogP) is 2.69. The van der Waals surface area contributed by atoms with Crippen molar-refractivity contribution in [1.29, 1.82) is 0 Å². The first-order valence-electron chi connectivity index (χ1n) is 8.34. The summed E-state index contributed by atoms with van der Waals surface area (Å²) >= 11 is 0. The fourth-order valence-electron chi connectivity index (χ4n) is 2.46. The normalized spacial score (nSPS) is 13.2. The molecule has 158 valence electrons. The number of nitrogens with two attached hydrogens (primary N) is 1. The van der Waals surface area contributed by atoms with Crippen LogP contribution in [-0.2, 0) is 21.4 Å². The zero-order chi connectivity index (χ0) is 21.8. The number of nitrogens with one attached hydrogen (secondary N) is 1. The van der Waals surface area contributed by atoms with Gasteiger partial charge in [0.1, 0.15) is 5.75 Å². The molecule has 11 heteroatoms. The maximum atomic E-state index is 12.6. The zero-order valence-electron chi connectivity index (χ0n) is 15.6. The van der Waals surface area contributed by atoms with E-state index in [1.54, 1.807) is 20.0 Å². The monoisotopic (exact) mass is 431 g/mol. The highest BCUT2D eigenvalue weighted by Gasteiger charge is 2.32. The summed E-state index contributed by atoms with van der Waals surface area (Å²) < 4.78 is 64.5. The number of carbonyl (C=O) groups is 1. The number of anilines is 1. The molecule has 1 atom stereocenters. The number of alkyl halides is 3. The van der Waals surface area contributed by atoms with E-state index in [9.17, 15) is 26.4 Å². The lowest BCUT2D eigenvalue weighted by molar-refractivity contribution is -0.275. The number of benzene rings is 2. The van der Waals surface area contributed by atoms with E-state index < -0.39 is 28.3 Å². The molecule has 1 unspecified atom stereocenters. The molecule has 29 heavy (non-hydrogen) atoms. The Morgan fingerprint density at radius 3 is 2.48 bits per heavy atom. The number of hydrogen-bond donors (Lipinski definition) is 2. The number of halogens is 3. The van der Waals surface area contributed by atoms with Gasteiger partial charge in [-0.25, -0.2) is 13.6 Å². The number of sulfonamides is 1. The number of rotatable bonds is 7. The molecule has 0 heterocycles. The Balaban J connectivity index is 2.09. The third-order valence-corrected chi connectivity index (χ3v) is 5.00. The molecule has 2 rings (SSSR count). The molecule has 0 bridgehead atoms. The van der Waals surface area contributed by atoms with Gasteiger partial charge < -0.3 is 10.1 Å². The van der Waals surface area contributed by atoms with Crippen LogP contribution < -0.4 is 15.2 Å². The number of primary sulfonamides is 1. The van der Waals surface area contributed by atoms with E-state index in [4.69, 9.17) is 5.14 Å². The van der Waals surface area contributed by atoms with Gasteiger partial charge in [-0.1, -0.05) is 24.3 Å². The minimum Gasteiger partial charge on any atom is -0.405 e. The van der Waals surface area contributed by atoms with Crippen molar-refractivity contribution in [2.24, 2.45) is 5.14 Å². The van der Waals surface area contributed by atoms with Crippen LogP contribution in [0.4, 0.5) is 18.9 Å². The second-order valence-electron chi connectivity index (χ2n) is 6.31. The van der Waals surface area contributed by atoms with E-state index in [0.29, 0.717) is 0 Å². The van der Waals surface area contributed by atoms with Gasteiger partial charge in [0.05, 0.1) is 10.9 Å². The maximum absolute atomic E-state index is 12.6. The number of para-hydroxylation sites is 1. The van der Waals surface area contributed by atoms with Crippen LogP contribution in [0.3, 0.4) is 0 Å². The maximum Gasteiger partial charge on any atom is 0.573 e. The molecule has 0 saturated carbocycles.